The molecular formula is C13H15NO2. The second-order valence-corrected chi connectivity index (χ2v) is 4.32. The average molecular weight is 217 g/mol. The Bertz CT molecular complexity index is 427. The molecule has 2 amide bonds. The molecule has 1 saturated heterocycles. The maximum Gasteiger partial charge on any atom is 0.240 e. The van der Waals surface area contributed by atoms with E-state index in [2.05, 4.69) is 0 Å². The zero-order valence-electron chi connectivity index (χ0n) is 9.56. The van der Waals surface area contributed by atoms with Crippen LogP contribution >= 0.6 is 0 Å². The lowest BCUT2D eigenvalue weighted by Crippen LogP contribution is -2.36. The summed E-state index contributed by atoms with van der Waals surface area (Å²) < 4.78 is 0. The van der Waals surface area contributed by atoms with Crippen molar-refractivity contribution in [2.75, 3.05) is 6.54 Å². The second kappa shape index (κ2) is 3.74. The summed E-state index contributed by atoms with van der Waals surface area (Å²) >= 11 is 0. The minimum atomic E-state index is -0.672. The lowest BCUT2D eigenvalue weighted by molar-refractivity contribution is -0.139. The van der Waals surface area contributed by atoms with Crippen molar-refractivity contribution in [3.8, 4) is 0 Å². The molecule has 1 atom stereocenters. The van der Waals surface area contributed by atoms with Crippen LogP contribution in [0.2, 0.25) is 0 Å². The highest BCUT2D eigenvalue weighted by Gasteiger charge is 2.48. The van der Waals surface area contributed by atoms with E-state index < -0.39 is 5.41 Å². The van der Waals surface area contributed by atoms with Crippen LogP contribution in [0.4, 0.5) is 0 Å². The molecular weight excluding hydrogens is 202 g/mol. The molecule has 84 valence electrons. The average Bonchev–Trinajstić information content (AvgIpc) is 2.52. The monoisotopic (exact) mass is 217 g/mol. The van der Waals surface area contributed by atoms with E-state index in [1.807, 2.05) is 44.2 Å². The summed E-state index contributed by atoms with van der Waals surface area (Å²) in [7, 11) is 0. The molecule has 1 heterocycles. The van der Waals surface area contributed by atoms with Crippen LogP contribution in [0, 0.1) is 0 Å². The molecule has 1 aliphatic heterocycles. The third-order valence-corrected chi connectivity index (χ3v) is 3.25. The summed E-state index contributed by atoms with van der Waals surface area (Å²) in [4.78, 5) is 25.2. The highest BCUT2D eigenvalue weighted by atomic mass is 16.2. The normalized spacial score (nSPS) is 25.2. The zero-order valence-corrected chi connectivity index (χ0v) is 9.56. The van der Waals surface area contributed by atoms with Crippen LogP contribution in [-0.4, -0.2) is 23.3 Å². The number of benzene rings is 1. The first kappa shape index (κ1) is 10.9. The summed E-state index contributed by atoms with van der Waals surface area (Å²) in [5.41, 5.74) is 0.248. The maximum atomic E-state index is 12.2. The predicted octanol–water partition coefficient (Wildman–Crippen LogP) is 1.72. The van der Waals surface area contributed by atoms with Crippen LogP contribution in [0.1, 0.15) is 25.8 Å². The van der Waals surface area contributed by atoms with Gasteiger partial charge < -0.3 is 0 Å². The fourth-order valence-corrected chi connectivity index (χ4v) is 2.24. The van der Waals surface area contributed by atoms with Gasteiger partial charge in [-0.2, -0.15) is 0 Å². The minimum Gasteiger partial charge on any atom is -0.282 e. The van der Waals surface area contributed by atoms with E-state index in [9.17, 15) is 9.59 Å². The molecule has 0 aromatic heterocycles. The van der Waals surface area contributed by atoms with Gasteiger partial charge in [0, 0.05) is 13.0 Å². The van der Waals surface area contributed by atoms with Crippen LogP contribution in [-0.2, 0) is 15.0 Å². The molecule has 0 aliphatic carbocycles. The van der Waals surface area contributed by atoms with Crippen molar-refractivity contribution in [2.45, 2.75) is 25.7 Å². The fraction of sp³-hybridized carbons (Fsp3) is 0.385. The molecule has 0 radical (unpaired) electrons. The van der Waals surface area contributed by atoms with Crippen LogP contribution in [0.25, 0.3) is 0 Å². The molecule has 1 fully saturated rings. The van der Waals surface area contributed by atoms with Crippen molar-refractivity contribution in [3.05, 3.63) is 35.9 Å². The van der Waals surface area contributed by atoms with E-state index in [1.54, 1.807) is 0 Å². The van der Waals surface area contributed by atoms with E-state index in [-0.39, 0.29) is 18.2 Å². The molecule has 3 nitrogen and oxygen atoms in total. The van der Waals surface area contributed by atoms with E-state index >= 15 is 0 Å². The largest absolute Gasteiger partial charge is 0.282 e. The zero-order chi connectivity index (χ0) is 11.8. The van der Waals surface area contributed by atoms with Crippen molar-refractivity contribution < 1.29 is 9.59 Å². The molecule has 0 spiro atoms. The Morgan fingerprint density at radius 1 is 1.25 bits per heavy atom. The van der Waals surface area contributed by atoms with Crippen molar-refractivity contribution in [3.63, 3.8) is 0 Å². The summed E-state index contributed by atoms with van der Waals surface area (Å²) in [6.45, 7) is 4.13. The van der Waals surface area contributed by atoms with Crippen molar-refractivity contribution in [2.24, 2.45) is 0 Å². The highest BCUT2D eigenvalue weighted by Crippen LogP contribution is 2.35. The molecule has 2 rings (SSSR count). The summed E-state index contributed by atoms with van der Waals surface area (Å²) in [6, 6.07) is 9.51. The quantitative estimate of drug-likeness (QED) is 0.707. The number of imide groups is 1. The topological polar surface area (TPSA) is 37.4 Å². The fourth-order valence-electron chi connectivity index (χ4n) is 2.24. The molecule has 3 heteroatoms. The van der Waals surface area contributed by atoms with Gasteiger partial charge in [0.15, 0.2) is 0 Å². The Balaban J connectivity index is 2.42. The van der Waals surface area contributed by atoms with Gasteiger partial charge in [0.1, 0.15) is 0 Å². The van der Waals surface area contributed by atoms with Crippen LogP contribution in [0.5, 0.6) is 0 Å². The van der Waals surface area contributed by atoms with Crippen LogP contribution in [0.3, 0.4) is 0 Å². The third-order valence-electron chi connectivity index (χ3n) is 3.25. The van der Waals surface area contributed by atoms with Gasteiger partial charge in [-0.15, -0.1) is 0 Å². The Kier molecular flexibility index (Phi) is 2.54. The summed E-state index contributed by atoms with van der Waals surface area (Å²) in [5, 5.41) is 0. The molecule has 1 aromatic carbocycles. The smallest absolute Gasteiger partial charge is 0.240 e. The second-order valence-electron chi connectivity index (χ2n) is 4.32. The summed E-state index contributed by atoms with van der Waals surface area (Å²) in [5.74, 6) is -0.148. The Hall–Kier alpha value is -1.64. The number of hydrogen-bond acceptors (Lipinski definition) is 2. The third kappa shape index (κ3) is 1.43. The van der Waals surface area contributed by atoms with Gasteiger partial charge in [0.05, 0.1) is 5.41 Å². The van der Waals surface area contributed by atoms with Crippen LogP contribution < -0.4 is 0 Å². The lowest BCUT2D eigenvalue weighted by atomic mass is 9.81. The lowest BCUT2D eigenvalue weighted by Gasteiger charge is -2.21. The number of hydrogen-bond donors (Lipinski definition) is 0. The van der Waals surface area contributed by atoms with Gasteiger partial charge in [0.25, 0.3) is 0 Å². The Morgan fingerprint density at radius 2 is 1.88 bits per heavy atom. The number of amides is 2. The van der Waals surface area contributed by atoms with Crippen molar-refractivity contribution in [1.29, 1.82) is 0 Å². The molecule has 0 saturated carbocycles. The first-order chi connectivity index (χ1) is 7.59. The van der Waals surface area contributed by atoms with Gasteiger partial charge in [-0.1, -0.05) is 30.3 Å². The minimum absolute atomic E-state index is 0.0705. The number of likely N-dealkylation sites (N-methyl/N-ethyl adjacent to an activating group) is 1. The van der Waals surface area contributed by atoms with Gasteiger partial charge in [0.2, 0.25) is 11.8 Å². The molecule has 16 heavy (non-hydrogen) atoms. The number of nitrogens with zero attached hydrogens (tertiary/aromatic N) is 1. The van der Waals surface area contributed by atoms with Gasteiger partial charge in [-0.05, 0) is 19.4 Å². The Morgan fingerprint density at radius 3 is 2.38 bits per heavy atom. The summed E-state index contributed by atoms with van der Waals surface area (Å²) in [6.07, 6.45) is 0.281. The molecule has 1 unspecified atom stereocenters. The maximum absolute atomic E-state index is 12.2. The number of rotatable bonds is 2. The first-order valence-electron chi connectivity index (χ1n) is 5.50. The van der Waals surface area contributed by atoms with E-state index in [1.165, 1.54) is 4.90 Å². The van der Waals surface area contributed by atoms with Gasteiger partial charge in [-0.3, -0.25) is 14.5 Å². The predicted molar refractivity (Wildman–Crippen MR) is 60.8 cm³/mol. The molecule has 1 aromatic rings. The van der Waals surface area contributed by atoms with E-state index in [0.717, 1.165) is 5.56 Å². The van der Waals surface area contributed by atoms with Crippen molar-refractivity contribution in [1.82, 2.24) is 4.90 Å². The number of carbonyl (C=O) groups excluding carboxylic acids is 2. The highest BCUT2D eigenvalue weighted by molar-refractivity contribution is 6.08. The number of likely N-dealkylation sites (tertiary alicyclic amines) is 1. The molecule has 0 N–H and O–H groups in total. The van der Waals surface area contributed by atoms with Crippen molar-refractivity contribution >= 4 is 11.8 Å². The molecule has 1 aliphatic rings. The van der Waals surface area contributed by atoms with E-state index in [0.29, 0.717) is 6.54 Å². The van der Waals surface area contributed by atoms with Gasteiger partial charge in [-0.25, -0.2) is 0 Å². The van der Waals surface area contributed by atoms with Gasteiger partial charge >= 0.3 is 0 Å². The Labute approximate surface area is 95.1 Å². The van der Waals surface area contributed by atoms with Crippen LogP contribution in [0.15, 0.2) is 30.3 Å². The van der Waals surface area contributed by atoms with E-state index in [4.69, 9.17) is 0 Å². The standard InChI is InChI=1S/C13H15NO2/c1-3-14-11(15)9-13(2,12(14)16)10-7-5-4-6-8-10/h4-8H,3,9H2,1-2H3. The molecule has 0 bridgehead atoms. The number of carbonyl (C=O) groups is 2. The SMILES string of the molecule is CCN1C(=O)CC(C)(c2ccccc2)C1=O. The first-order valence-corrected chi connectivity index (χ1v) is 5.50.